The number of carbonyl (C=O) groups is 2. The molecule has 29 heavy (non-hydrogen) atoms. The van der Waals surface area contributed by atoms with E-state index in [-0.39, 0.29) is 17.3 Å². The van der Waals surface area contributed by atoms with E-state index in [4.69, 9.17) is 32.7 Å². The van der Waals surface area contributed by atoms with Crippen molar-refractivity contribution < 1.29 is 19.1 Å². The lowest BCUT2D eigenvalue weighted by atomic mass is 10.0. The highest BCUT2D eigenvalue weighted by Crippen LogP contribution is 2.38. The summed E-state index contributed by atoms with van der Waals surface area (Å²) >= 11 is 12.0. The molecule has 1 aliphatic rings. The first-order valence-corrected chi connectivity index (χ1v) is 9.49. The third kappa shape index (κ3) is 3.90. The normalized spacial score (nSPS) is 13.9. The molecule has 0 fully saturated rings. The zero-order chi connectivity index (χ0) is 20.5. The van der Waals surface area contributed by atoms with Crippen LogP contribution in [0, 0.1) is 6.92 Å². The molecule has 0 amide bonds. The average molecular weight is 425 g/mol. The lowest BCUT2D eigenvalue weighted by Crippen LogP contribution is -2.08. The van der Waals surface area contributed by atoms with Crippen LogP contribution >= 0.6 is 23.2 Å². The maximum Gasteiger partial charge on any atom is 0.343 e. The summed E-state index contributed by atoms with van der Waals surface area (Å²) in [6, 6.07) is 16.7. The molecule has 0 bridgehead atoms. The van der Waals surface area contributed by atoms with Gasteiger partial charge in [-0.05, 0) is 60.5 Å². The van der Waals surface area contributed by atoms with Gasteiger partial charge in [0.1, 0.15) is 11.5 Å². The number of halogens is 2. The van der Waals surface area contributed by atoms with Gasteiger partial charge in [-0.2, -0.15) is 0 Å². The topological polar surface area (TPSA) is 52.6 Å². The minimum absolute atomic E-state index is 0.164. The van der Waals surface area contributed by atoms with Crippen LogP contribution in [0.4, 0.5) is 0 Å². The summed E-state index contributed by atoms with van der Waals surface area (Å²) in [6.07, 6.45) is 1.60. The van der Waals surface area contributed by atoms with Crippen molar-refractivity contribution in [3.05, 3.63) is 98.7 Å². The van der Waals surface area contributed by atoms with Gasteiger partial charge in [0.05, 0.1) is 11.1 Å². The lowest BCUT2D eigenvalue weighted by molar-refractivity contribution is 0.0734. The largest absolute Gasteiger partial charge is 0.452 e. The van der Waals surface area contributed by atoms with Gasteiger partial charge in [0, 0.05) is 16.1 Å². The van der Waals surface area contributed by atoms with Crippen LogP contribution < -0.4 is 9.47 Å². The minimum atomic E-state index is -0.530. The zero-order valence-corrected chi connectivity index (χ0v) is 16.8. The van der Waals surface area contributed by atoms with E-state index in [9.17, 15) is 9.59 Å². The Kier molecular flexibility index (Phi) is 5.14. The monoisotopic (exact) mass is 424 g/mol. The van der Waals surface area contributed by atoms with Crippen molar-refractivity contribution >= 4 is 41.0 Å². The number of rotatable bonds is 3. The lowest BCUT2D eigenvalue weighted by Gasteiger charge is -2.08. The molecule has 6 heteroatoms. The van der Waals surface area contributed by atoms with Crippen molar-refractivity contribution in [3.8, 4) is 11.5 Å². The summed E-state index contributed by atoms with van der Waals surface area (Å²) in [7, 11) is 0. The maximum absolute atomic E-state index is 12.8. The standard InChI is InChI=1S/C23H14Cl2O4/c1-13-10-17(28-23(27)14-6-8-16(24)9-7-14)12-19-21(13)22(26)20(29-19)11-15-4-2-3-5-18(15)25/h2-12H,1H3/b20-11-. The van der Waals surface area contributed by atoms with Crippen molar-refractivity contribution in [1.82, 2.24) is 0 Å². The van der Waals surface area contributed by atoms with Crippen LogP contribution in [0.1, 0.15) is 31.8 Å². The zero-order valence-electron chi connectivity index (χ0n) is 15.2. The molecule has 3 aromatic rings. The fourth-order valence-electron chi connectivity index (χ4n) is 3.02. The first-order valence-electron chi connectivity index (χ1n) is 8.73. The second-order valence-electron chi connectivity index (χ2n) is 6.47. The molecule has 0 N–H and O–H groups in total. The molecule has 0 spiro atoms. The molecule has 0 unspecified atom stereocenters. The number of hydrogen-bond acceptors (Lipinski definition) is 4. The van der Waals surface area contributed by atoms with Crippen LogP contribution in [0.25, 0.3) is 6.08 Å². The van der Waals surface area contributed by atoms with Crippen LogP contribution in [0.2, 0.25) is 10.0 Å². The van der Waals surface area contributed by atoms with E-state index in [1.165, 1.54) is 6.07 Å². The van der Waals surface area contributed by atoms with Crippen LogP contribution in [0.15, 0.2) is 66.4 Å². The van der Waals surface area contributed by atoms with Gasteiger partial charge < -0.3 is 9.47 Å². The van der Waals surface area contributed by atoms with Crippen molar-refractivity contribution in [2.24, 2.45) is 0 Å². The average Bonchev–Trinajstić information content (AvgIpc) is 3.00. The van der Waals surface area contributed by atoms with Gasteiger partial charge in [-0.3, -0.25) is 4.79 Å². The highest BCUT2D eigenvalue weighted by Gasteiger charge is 2.30. The minimum Gasteiger partial charge on any atom is -0.452 e. The molecule has 1 heterocycles. The SMILES string of the molecule is Cc1cc(OC(=O)c2ccc(Cl)cc2)cc2c1C(=O)/C(=C/c1ccccc1Cl)O2. The van der Waals surface area contributed by atoms with E-state index in [0.29, 0.717) is 38.0 Å². The van der Waals surface area contributed by atoms with Gasteiger partial charge in [0.15, 0.2) is 5.76 Å². The molecular weight excluding hydrogens is 411 g/mol. The molecule has 144 valence electrons. The van der Waals surface area contributed by atoms with Crippen LogP contribution in [0.3, 0.4) is 0 Å². The van der Waals surface area contributed by atoms with Gasteiger partial charge in [-0.1, -0.05) is 41.4 Å². The number of hydrogen-bond donors (Lipinski definition) is 0. The number of Topliss-reactive ketones (excluding diaryl/α,β-unsaturated/α-hetero) is 1. The molecule has 0 aliphatic carbocycles. The Morgan fingerprint density at radius 1 is 1.03 bits per heavy atom. The Morgan fingerprint density at radius 2 is 1.76 bits per heavy atom. The van der Waals surface area contributed by atoms with E-state index in [0.717, 1.165) is 0 Å². The van der Waals surface area contributed by atoms with E-state index >= 15 is 0 Å². The highest BCUT2D eigenvalue weighted by atomic mass is 35.5. The summed E-state index contributed by atoms with van der Waals surface area (Å²) in [4.78, 5) is 25.1. The van der Waals surface area contributed by atoms with E-state index in [1.54, 1.807) is 55.5 Å². The summed E-state index contributed by atoms with van der Waals surface area (Å²) in [5.41, 5.74) is 2.13. The van der Waals surface area contributed by atoms with Gasteiger partial charge in [0.25, 0.3) is 0 Å². The van der Waals surface area contributed by atoms with Crippen LogP contribution in [0.5, 0.6) is 11.5 Å². The summed E-state index contributed by atoms with van der Waals surface area (Å²) < 4.78 is 11.2. The summed E-state index contributed by atoms with van der Waals surface area (Å²) in [6.45, 7) is 1.76. The molecular formula is C23H14Cl2O4. The van der Waals surface area contributed by atoms with E-state index < -0.39 is 5.97 Å². The number of fused-ring (bicyclic) bond motifs is 1. The molecule has 1 aliphatic heterocycles. The fourth-order valence-corrected chi connectivity index (χ4v) is 3.34. The number of carbonyl (C=O) groups excluding carboxylic acids is 2. The first-order chi connectivity index (χ1) is 13.9. The molecule has 4 nitrogen and oxygen atoms in total. The molecule has 3 aromatic carbocycles. The molecule has 4 rings (SSSR count). The van der Waals surface area contributed by atoms with Crippen molar-refractivity contribution in [1.29, 1.82) is 0 Å². The van der Waals surface area contributed by atoms with E-state index in [2.05, 4.69) is 0 Å². The molecule has 0 saturated heterocycles. The van der Waals surface area contributed by atoms with Crippen LogP contribution in [-0.4, -0.2) is 11.8 Å². The second kappa shape index (κ2) is 7.74. The Balaban J connectivity index is 1.62. The number of ketones is 1. The Morgan fingerprint density at radius 3 is 2.48 bits per heavy atom. The van der Waals surface area contributed by atoms with Gasteiger partial charge in [0.2, 0.25) is 5.78 Å². The van der Waals surface area contributed by atoms with E-state index in [1.807, 2.05) is 12.1 Å². The second-order valence-corrected chi connectivity index (χ2v) is 7.31. The summed E-state index contributed by atoms with van der Waals surface area (Å²) in [5, 5.41) is 1.04. The van der Waals surface area contributed by atoms with Crippen LogP contribution in [-0.2, 0) is 0 Å². The quantitative estimate of drug-likeness (QED) is 0.288. The Bertz CT molecular complexity index is 1160. The Labute approximate surface area is 177 Å². The molecule has 0 saturated carbocycles. The molecule has 0 aromatic heterocycles. The predicted octanol–water partition coefficient (Wildman–Crippen LogP) is 6.14. The predicted molar refractivity (Wildman–Crippen MR) is 112 cm³/mol. The van der Waals surface area contributed by atoms with Crippen molar-refractivity contribution in [2.45, 2.75) is 6.92 Å². The molecule has 0 atom stereocenters. The highest BCUT2D eigenvalue weighted by molar-refractivity contribution is 6.32. The Hall–Kier alpha value is -3.08. The summed E-state index contributed by atoms with van der Waals surface area (Å²) in [5.74, 6) is 0.0164. The first kappa shape index (κ1) is 19.2. The third-order valence-corrected chi connectivity index (χ3v) is 5.02. The number of benzene rings is 3. The maximum atomic E-state index is 12.8. The smallest absolute Gasteiger partial charge is 0.343 e. The van der Waals surface area contributed by atoms with Crippen molar-refractivity contribution in [2.75, 3.05) is 0 Å². The van der Waals surface area contributed by atoms with Gasteiger partial charge >= 0.3 is 5.97 Å². The number of aryl methyl sites for hydroxylation is 1. The van der Waals surface area contributed by atoms with Crippen molar-refractivity contribution in [3.63, 3.8) is 0 Å². The fraction of sp³-hybridized carbons (Fsp3) is 0.0435. The number of ether oxygens (including phenoxy) is 2. The third-order valence-electron chi connectivity index (χ3n) is 4.43. The van der Waals surface area contributed by atoms with Gasteiger partial charge in [-0.15, -0.1) is 0 Å². The molecule has 0 radical (unpaired) electrons. The number of esters is 1. The van der Waals surface area contributed by atoms with Gasteiger partial charge in [-0.25, -0.2) is 4.79 Å². The number of allylic oxidation sites excluding steroid dienone is 1.